The molecule has 0 radical (unpaired) electrons. The summed E-state index contributed by atoms with van der Waals surface area (Å²) < 4.78 is 42.4. The van der Waals surface area contributed by atoms with Crippen molar-refractivity contribution < 1.29 is 17.6 Å². The Bertz CT molecular complexity index is 1280. The molecule has 1 aliphatic rings. The third kappa shape index (κ3) is 5.14. The predicted octanol–water partition coefficient (Wildman–Crippen LogP) is 5.41. The van der Waals surface area contributed by atoms with Crippen molar-refractivity contribution in [2.75, 3.05) is 11.4 Å². The van der Waals surface area contributed by atoms with E-state index in [0.29, 0.717) is 17.0 Å². The number of halogens is 3. The van der Waals surface area contributed by atoms with Crippen molar-refractivity contribution in [3.05, 3.63) is 93.2 Å². The fourth-order valence-corrected chi connectivity index (χ4v) is 5.89. The van der Waals surface area contributed by atoms with E-state index in [9.17, 15) is 17.6 Å². The minimum Gasteiger partial charge on any atom is -0.308 e. The van der Waals surface area contributed by atoms with Gasteiger partial charge < -0.3 is 4.90 Å². The second kappa shape index (κ2) is 9.54. The second-order valence-corrected chi connectivity index (χ2v) is 11.2. The van der Waals surface area contributed by atoms with E-state index < -0.39 is 15.8 Å². The molecule has 0 N–H and O–H groups in total. The Morgan fingerprint density at radius 3 is 2.45 bits per heavy atom. The maximum atomic E-state index is 13.5. The molecule has 4 rings (SSSR count). The van der Waals surface area contributed by atoms with Gasteiger partial charge >= 0.3 is 0 Å². The van der Waals surface area contributed by atoms with Crippen molar-refractivity contribution >= 4 is 49.1 Å². The van der Waals surface area contributed by atoms with Crippen molar-refractivity contribution in [2.24, 2.45) is 0 Å². The number of nitrogens with zero attached hydrogens (tertiary/aromatic N) is 2. The molecule has 3 aromatic carbocycles. The van der Waals surface area contributed by atoms with Crippen LogP contribution in [0.4, 0.5) is 10.1 Å². The van der Waals surface area contributed by atoms with Gasteiger partial charge in [0.15, 0.2) is 0 Å². The lowest BCUT2D eigenvalue weighted by molar-refractivity contribution is -0.119. The van der Waals surface area contributed by atoms with Crippen LogP contribution in [0.5, 0.6) is 0 Å². The van der Waals surface area contributed by atoms with Crippen LogP contribution in [0.2, 0.25) is 5.02 Å². The first-order chi connectivity index (χ1) is 15.6. The van der Waals surface area contributed by atoms with Crippen molar-refractivity contribution in [1.29, 1.82) is 0 Å². The normalized spacial score (nSPS) is 15.7. The molecule has 0 fully saturated rings. The van der Waals surface area contributed by atoms with Crippen molar-refractivity contribution in [3.63, 3.8) is 0 Å². The Morgan fingerprint density at radius 1 is 1.12 bits per heavy atom. The molecule has 0 aromatic heterocycles. The monoisotopic (exact) mass is 550 g/mol. The number of fused-ring (bicyclic) bond motifs is 1. The van der Waals surface area contributed by atoms with Gasteiger partial charge in [0.05, 0.1) is 11.4 Å². The van der Waals surface area contributed by atoms with Crippen LogP contribution in [-0.4, -0.2) is 31.2 Å². The number of hydrogen-bond acceptors (Lipinski definition) is 3. The highest BCUT2D eigenvalue weighted by molar-refractivity contribution is 9.10. The summed E-state index contributed by atoms with van der Waals surface area (Å²) in [7, 11) is -4.03. The highest BCUT2D eigenvalue weighted by Gasteiger charge is 2.34. The summed E-state index contributed by atoms with van der Waals surface area (Å²) in [5, 5.41) is 0.406. The molecule has 0 spiro atoms. The highest BCUT2D eigenvalue weighted by atomic mass is 79.9. The van der Waals surface area contributed by atoms with Crippen LogP contribution in [0.3, 0.4) is 0 Å². The molecule has 0 bridgehead atoms. The molecule has 1 aliphatic heterocycles. The number of rotatable bonds is 6. The van der Waals surface area contributed by atoms with Crippen LogP contribution >= 0.6 is 27.5 Å². The largest absolute Gasteiger partial charge is 0.308 e. The third-order valence-electron chi connectivity index (χ3n) is 5.56. The standard InChI is InChI=1S/C24H21BrClFN2O3S/c1-16-12-18-13-19(25)4-11-23(18)29(16)24(30)15-28(14-17-2-7-21(27)8-3-17)33(31,32)22-9-5-20(26)6-10-22/h2-11,13,16H,12,14-15H2,1H3/t16-/m1/s1. The van der Waals surface area contributed by atoms with Crippen LogP contribution in [0.1, 0.15) is 18.1 Å². The highest BCUT2D eigenvalue weighted by Crippen LogP contribution is 2.34. The summed E-state index contributed by atoms with van der Waals surface area (Å²) in [6.45, 7) is 1.50. The fourth-order valence-electron chi connectivity index (χ4n) is 3.98. The number of benzene rings is 3. The van der Waals surface area contributed by atoms with Gasteiger partial charge in [-0.05, 0) is 79.1 Å². The van der Waals surface area contributed by atoms with E-state index >= 15 is 0 Å². The van der Waals surface area contributed by atoms with E-state index in [-0.39, 0.29) is 29.9 Å². The van der Waals surface area contributed by atoms with Gasteiger partial charge in [-0.2, -0.15) is 4.31 Å². The Balaban J connectivity index is 1.67. The second-order valence-electron chi connectivity index (χ2n) is 7.94. The van der Waals surface area contributed by atoms with Crippen LogP contribution in [0.25, 0.3) is 0 Å². The summed E-state index contributed by atoms with van der Waals surface area (Å²) in [5.41, 5.74) is 2.37. The van der Waals surface area contributed by atoms with Crippen LogP contribution in [0.15, 0.2) is 76.1 Å². The molecule has 33 heavy (non-hydrogen) atoms. The van der Waals surface area contributed by atoms with Gasteiger partial charge in [-0.3, -0.25) is 4.79 Å². The van der Waals surface area contributed by atoms with Gasteiger partial charge in [-0.15, -0.1) is 0 Å². The molecule has 0 saturated heterocycles. The number of anilines is 1. The smallest absolute Gasteiger partial charge is 0.243 e. The first-order valence-electron chi connectivity index (χ1n) is 10.3. The summed E-state index contributed by atoms with van der Waals surface area (Å²) in [4.78, 5) is 15.1. The van der Waals surface area contributed by atoms with Crippen molar-refractivity contribution in [3.8, 4) is 0 Å². The Morgan fingerprint density at radius 2 is 1.79 bits per heavy atom. The summed E-state index contributed by atoms with van der Waals surface area (Å²) in [6, 6.07) is 16.9. The van der Waals surface area contributed by atoms with E-state index in [0.717, 1.165) is 20.0 Å². The van der Waals surface area contributed by atoms with Gasteiger partial charge in [-0.1, -0.05) is 39.7 Å². The molecule has 9 heteroatoms. The van der Waals surface area contributed by atoms with E-state index in [1.54, 1.807) is 4.90 Å². The number of sulfonamides is 1. The topological polar surface area (TPSA) is 57.7 Å². The molecule has 1 amide bonds. The molecule has 0 saturated carbocycles. The zero-order chi connectivity index (χ0) is 23.8. The minimum atomic E-state index is -4.03. The maximum Gasteiger partial charge on any atom is 0.243 e. The zero-order valence-electron chi connectivity index (χ0n) is 17.7. The minimum absolute atomic E-state index is 0.0283. The SMILES string of the molecule is C[C@@H]1Cc2cc(Br)ccc2N1C(=O)CN(Cc1ccc(F)cc1)S(=O)(=O)c1ccc(Cl)cc1. The van der Waals surface area contributed by atoms with Gasteiger partial charge in [0.1, 0.15) is 5.82 Å². The van der Waals surface area contributed by atoms with Crippen molar-refractivity contribution in [1.82, 2.24) is 4.31 Å². The first-order valence-corrected chi connectivity index (χ1v) is 12.9. The van der Waals surface area contributed by atoms with Crippen LogP contribution < -0.4 is 4.90 Å². The number of carbonyl (C=O) groups is 1. The average Bonchev–Trinajstić information content (AvgIpc) is 3.09. The number of amides is 1. The van der Waals surface area contributed by atoms with E-state index in [1.807, 2.05) is 25.1 Å². The summed E-state index contributed by atoms with van der Waals surface area (Å²) >= 11 is 9.38. The number of carbonyl (C=O) groups excluding carboxylic acids is 1. The van der Waals surface area contributed by atoms with E-state index in [4.69, 9.17) is 11.6 Å². The van der Waals surface area contributed by atoms with Gasteiger partial charge in [0.2, 0.25) is 15.9 Å². The zero-order valence-corrected chi connectivity index (χ0v) is 20.9. The lowest BCUT2D eigenvalue weighted by Crippen LogP contribution is -2.44. The first kappa shape index (κ1) is 23.9. The molecule has 5 nitrogen and oxygen atoms in total. The summed E-state index contributed by atoms with van der Waals surface area (Å²) in [6.07, 6.45) is 0.683. The quantitative estimate of drug-likeness (QED) is 0.412. The Labute approximate surface area is 206 Å². The molecular formula is C24H21BrClFN2O3S. The Hall–Kier alpha value is -2.26. The number of hydrogen-bond donors (Lipinski definition) is 0. The predicted molar refractivity (Wildman–Crippen MR) is 130 cm³/mol. The van der Waals surface area contributed by atoms with Gasteiger partial charge in [-0.25, -0.2) is 12.8 Å². The molecule has 0 unspecified atom stereocenters. The lowest BCUT2D eigenvalue weighted by Gasteiger charge is -2.27. The van der Waals surface area contributed by atoms with Crippen LogP contribution in [0, 0.1) is 5.82 Å². The van der Waals surface area contributed by atoms with Crippen molar-refractivity contribution in [2.45, 2.75) is 30.8 Å². The molecule has 0 aliphatic carbocycles. The molecular weight excluding hydrogens is 531 g/mol. The summed E-state index contributed by atoms with van der Waals surface area (Å²) in [5.74, 6) is -0.751. The molecule has 172 valence electrons. The van der Waals surface area contributed by atoms with Crippen LogP contribution in [-0.2, 0) is 27.8 Å². The molecule has 1 heterocycles. The van der Waals surface area contributed by atoms with Gasteiger partial charge in [0, 0.05) is 27.8 Å². The lowest BCUT2D eigenvalue weighted by atomic mass is 10.1. The maximum absolute atomic E-state index is 13.5. The van der Waals surface area contributed by atoms with Gasteiger partial charge in [0.25, 0.3) is 0 Å². The fraction of sp³-hybridized carbons (Fsp3) is 0.208. The van der Waals surface area contributed by atoms with E-state index in [2.05, 4.69) is 15.9 Å². The third-order valence-corrected chi connectivity index (χ3v) is 8.11. The Kier molecular flexibility index (Phi) is 6.91. The van der Waals surface area contributed by atoms with E-state index in [1.165, 1.54) is 48.5 Å². The molecule has 3 aromatic rings. The average molecular weight is 552 g/mol. The molecule has 1 atom stereocenters.